The molecule has 0 aliphatic heterocycles. The van der Waals surface area contributed by atoms with E-state index >= 15 is 0 Å². The van der Waals surface area contributed by atoms with Gasteiger partial charge in [0, 0.05) is 17.7 Å². The first-order valence-electron chi connectivity index (χ1n) is 9.28. The lowest BCUT2D eigenvalue weighted by molar-refractivity contribution is 0.0953. The van der Waals surface area contributed by atoms with E-state index in [1.54, 1.807) is 13.2 Å². The molecule has 0 heterocycles. The lowest BCUT2D eigenvalue weighted by atomic mass is 10.1. The molecular formula is C23H25NO3. The van der Waals surface area contributed by atoms with Gasteiger partial charge in [-0.25, -0.2) is 0 Å². The number of ether oxygens (including phenoxy) is 2. The number of amides is 1. The maximum absolute atomic E-state index is 12.3. The first-order valence-corrected chi connectivity index (χ1v) is 9.28. The van der Waals surface area contributed by atoms with Gasteiger partial charge >= 0.3 is 0 Å². The van der Waals surface area contributed by atoms with E-state index in [9.17, 15) is 4.79 Å². The van der Waals surface area contributed by atoms with Crippen LogP contribution in [-0.4, -0.2) is 19.6 Å². The monoisotopic (exact) mass is 363 g/mol. The van der Waals surface area contributed by atoms with Gasteiger partial charge in [0.15, 0.2) is 0 Å². The van der Waals surface area contributed by atoms with Gasteiger partial charge in [-0.3, -0.25) is 4.79 Å². The summed E-state index contributed by atoms with van der Waals surface area (Å²) in [5.74, 6) is 1.42. The molecular weight excluding hydrogens is 338 g/mol. The molecule has 1 N–H and O–H groups in total. The molecule has 0 saturated heterocycles. The number of carbonyl (C=O) groups excluding carboxylic acids is 1. The summed E-state index contributed by atoms with van der Waals surface area (Å²) in [6.45, 7) is 3.11. The molecule has 0 aliphatic rings. The van der Waals surface area contributed by atoms with Crippen LogP contribution in [0, 0.1) is 0 Å². The number of unbranched alkanes of at least 4 members (excludes halogenated alkanes) is 1. The minimum absolute atomic E-state index is 0.0712. The summed E-state index contributed by atoms with van der Waals surface area (Å²) in [5, 5.41) is 5.24. The third-order valence-corrected chi connectivity index (χ3v) is 4.47. The van der Waals surface area contributed by atoms with Gasteiger partial charge in [-0.15, -0.1) is 0 Å². The van der Waals surface area contributed by atoms with Gasteiger partial charge in [-0.1, -0.05) is 43.7 Å². The molecule has 140 valence electrons. The fourth-order valence-electron chi connectivity index (χ4n) is 2.93. The fraction of sp³-hybridized carbons (Fsp3) is 0.261. The van der Waals surface area contributed by atoms with Gasteiger partial charge in [0.2, 0.25) is 0 Å². The van der Waals surface area contributed by atoms with E-state index in [1.807, 2.05) is 42.5 Å². The van der Waals surface area contributed by atoms with Crippen LogP contribution >= 0.6 is 0 Å². The van der Waals surface area contributed by atoms with Gasteiger partial charge in [0.25, 0.3) is 5.91 Å². The zero-order valence-corrected chi connectivity index (χ0v) is 15.8. The second kappa shape index (κ2) is 9.08. The van der Waals surface area contributed by atoms with Crippen molar-refractivity contribution in [2.75, 3.05) is 13.7 Å². The number of carbonyl (C=O) groups is 1. The smallest absolute Gasteiger partial charge is 0.251 e. The highest BCUT2D eigenvalue weighted by Crippen LogP contribution is 2.25. The molecule has 0 atom stereocenters. The van der Waals surface area contributed by atoms with Gasteiger partial charge in [0.1, 0.15) is 18.1 Å². The molecule has 3 aromatic carbocycles. The summed E-state index contributed by atoms with van der Waals surface area (Å²) in [7, 11) is 1.62. The first-order chi connectivity index (χ1) is 13.2. The van der Waals surface area contributed by atoms with Crippen molar-refractivity contribution in [1.29, 1.82) is 0 Å². The lowest BCUT2D eigenvalue weighted by Gasteiger charge is -2.13. The van der Waals surface area contributed by atoms with Gasteiger partial charge < -0.3 is 14.8 Å². The molecule has 0 spiro atoms. The average Bonchev–Trinajstić information content (AvgIpc) is 2.72. The van der Waals surface area contributed by atoms with Crippen LogP contribution in [0.25, 0.3) is 10.8 Å². The number of hydrogen-bond donors (Lipinski definition) is 1. The second-order valence-corrected chi connectivity index (χ2v) is 6.43. The molecule has 4 heteroatoms. The molecule has 0 fully saturated rings. The van der Waals surface area contributed by atoms with E-state index in [2.05, 4.69) is 24.4 Å². The molecule has 0 aromatic heterocycles. The Bertz CT molecular complexity index is 920. The van der Waals surface area contributed by atoms with Crippen LogP contribution in [0.3, 0.4) is 0 Å². The largest absolute Gasteiger partial charge is 0.496 e. The SMILES string of the molecule is CCCCNC(=O)c1ccc(OC)c(COc2ccc3ccccc3c2)c1. The summed E-state index contributed by atoms with van der Waals surface area (Å²) in [5.41, 5.74) is 1.46. The van der Waals surface area contributed by atoms with E-state index in [-0.39, 0.29) is 5.91 Å². The topological polar surface area (TPSA) is 47.6 Å². The molecule has 0 unspecified atom stereocenters. The van der Waals surface area contributed by atoms with Crippen molar-refractivity contribution in [2.24, 2.45) is 0 Å². The summed E-state index contributed by atoms with van der Waals surface area (Å²) >= 11 is 0. The van der Waals surface area contributed by atoms with Crippen LogP contribution < -0.4 is 14.8 Å². The van der Waals surface area contributed by atoms with Crippen molar-refractivity contribution in [3.63, 3.8) is 0 Å². The standard InChI is InChI=1S/C23H25NO3/c1-3-4-13-24-23(25)19-10-12-22(26-2)20(14-19)16-27-21-11-9-17-7-5-6-8-18(17)15-21/h5-12,14-15H,3-4,13,16H2,1-2H3,(H,24,25). The third-order valence-electron chi connectivity index (χ3n) is 4.47. The van der Waals surface area contributed by atoms with Crippen molar-refractivity contribution >= 4 is 16.7 Å². The zero-order valence-electron chi connectivity index (χ0n) is 15.8. The van der Waals surface area contributed by atoms with Crippen molar-refractivity contribution in [3.05, 3.63) is 71.8 Å². The molecule has 0 bridgehead atoms. The van der Waals surface area contributed by atoms with E-state index in [1.165, 1.54) is 5.39 Å². The Morgan fingerprint density at radius 1 is 1.00 bits per heavy atom. The Hall–Kier alpha value is -3.01. The van der Waals surface area contributed by atoms with Crippen LogP contribution in [0.5, 0.6) is 11.5 Å². The minimum Gasteiger partial charge on any atom is -0.496 e. The molecule has 4 nitrogen and oxygen atoms in total. The van der Waals surface area contributed by atoms with Crippen LogP contribution in [0.15, 0.2) is 60.7 Å². The molecule has 3 rings (SSSR count). The van der Waals surface area contributed by atoms with E-state index in [4.69, 9.17) is 9.47 Å². The number of fused-ring (bicyclic) bond motifs is 1. The van der Waals surface area contributed by atoms with Crippen LogP contribution in [0.1, 0.15) is 35.7 Å². The summed E-state index contributed by atoms with van der Waals surface area (Å²) < 4.78 is 11.4. The second-order valence-electron chi connectivity index (χ2n) is 6.43. The number of methoxy groups -OCH3 is 1. The van der Waals surface area contributed by atoms with Gasteiger partial charge in [-0.2, -0.15) is 0 Å². The zero-order chi connectivity index (χ0) is 19.1. The summed E-state index contributed by atoms with van der Waals surface area (Å²) in [6, 6.07) is 19.6. The molecule has 0 aliphatic carbocycles. The first kappa shape index (κ1) is 18.8. The van der Waals surface area contributed by atoms with Gasteiger partial charge in [-0.05, 0) is 47.5 Å². The number of rotatable bonds is 8. The predicted octanol–water partition coefficient (Wildman–Crippen LogP) is 4.96. The van der Waals surface area contributed by atoms with E-state index in [0.29, 0.717) is 24.5 Å². The van der Waals surface area contributed by atoms with E-state index in [0.717, 1.165) is 29.5 Å². The number of nitrogens with one attached hydrogen (secondary N) is 1. The number of benzene rings is 3. The highest BCUT2D eigenvalue weighted by atomic mass is 16.5. The molecule has 1 amide bonds. The van der Waals surface area contributed by atoms with Crippen molar-refractivity contribution in [1.82, 2.24) is 5.32 Å². The maximum atomic E-state index is 12.3. The molecule has 27 heavy (non-hydrogen) atoms. The summed E-state index contributed by atoms with van der Waals surface area (Å²) in [6.07, 6.45) is 2.02. The van der Waals surface area contributed by atoms with Crippen LogP contribution in [0.4, 0.5) is 0 Å². The molecule has 0 saturated carbocycles. The minimum atomic E-state index is -0.0712. The fourth-order valence-corrected chi connectivity index (χ4v) is 2.93. The van der Waals surface area contributed by atoms with Crippen LogP contribution in [-0.2, 0) is 6.61 Å². The maximum Gasteiger partial charge on any atom is 0.251 e. The Balaban J connectivity index is 1.73. The Morgan fingerprint density at radius 3 is 2.59 bits per heavy atom. The highest BCUT2D eigenvalue weighted by Gasteiger charge is 2.11. The molecule has 0 radical (unpaired) electrons. The number of hydrogen-bond acceptors (Lipinski definition) is 3. The average molecular weight is 363 g/mol. The third kappa shape index (κ3) is 4.79. The van der Waals surface area contributed by atoms with Crippen molar-refractivity contribution in [3.8, 4) is 11.5 Å². The quantitative estimate of drug-likeness (QED) is 0.576. The Morgan fingerprint density at radius 2 is 1.81 bits per heavy atom. The van der Waals surface area contributed by atoms with Gasteiger partial charge in [0.05, 0.1) is 7.11 Å². The molecule has 3 aromatic rings. The highest BCUT2D eigenvalue weighted by molar-refractivity contribution is 5.94. The van der Waals surface area contributed by atoms with Crippen molar-refractivity contribution < 1.29 is 14.3 Å². The predicted molar refractivity (Wildman–Crippen MR) is 109 cm³/mol. The van der Waals surface area contributed by atoms with Crippen molar-refractivity contribution in [2.45, 2.75) is 26.4 Å². The van der Waals surface area contributed by atoms with Crippen LogP contribution in [0.2, 0.25) is 0 Å². The lowest BCUT2D eigenvalue weighted by Crippen LogP contribution is -2.24. The van der Waals surface area contributed by atoms with E-state index < -0.39 is 0 Å². The Kier molecular flexibility index (Phi) is 6.31. The normalized spacial score (nSPS) is 10.6. The summed E-state index contributed by atoms with van der Waals surface area (Å²) in [4.78, 5) is 12.3. The Labute approximate surface area is 160 Å².